The van der Waals surface area contributed by atoms with Crippen LogP contribution in [0.5, 0.6) is 5.75 Å². The van der Waals surface area contributed by atoms with E-state index >= 15 is 0 Å². The van der Waals surface area contributed by atoms with E-state index in [1.165, 1.54) is 11.8 Å². The zero-order valence-electron chi connectivity index (χ0n) is 6.83. The van der Waals surface area contributed by atoms with Gasteiger partial charge in [-0.3, -0.25) is 0 Å². The fourth-order valence-corrected chi connectivity index (χ4v) is 1.34. The van der Waals surface area contributed by atoms with Crippen molar-refractivity contribution in [3.05, 3.63) is 24.0 Å². The van der Waals surface area contributed by atoms with Crippen LogP contribution in [0, 0.1) is 0 Å². The molecular weight excluding hydrogens is 152 g/mol. The molecule has 0 saturated carbocycles. The molecular formula is C9H10N2O. The Morgan fingerprint density at radius 2 is 2.42 bits per heavy atom. The van der Waals surface area contributed by atoms with Gasteiger partial charge < -0.3 is 10.1 Å². The molecule has 0 fully saturated rings. The summed E-state index contributed by atoms with van der Waals surface area (Å²) >= 11 is 0. The van der Waals surface area contributed by atoms with Gasteiger partial charge in [-0.1, -0.05) is 6.92 Å². The predicted octanol–water partition coefficient (Wildman–Crippen LogP) is 1.83. The fourth-order valence-electron chi connectivity index (χ4n) is 1.34. The highest BCUT2D eigenvalue weighted by Gasteiger charge is 2.02. The van der Waals surface area contributed by atoms with Crippen LogP contribution in [0.25, 0.3) is 11.0 Å². The minimum Gasteiger partial charge on any atom is -0.506 e. The van der Waals surface area contributed by atoms with E-state index in [-0.39, 0.29) is 5.75 Å². The number of hydrogen-bond donors (Lipinski definition) is 2. The lowest BCUT2D eigenvalue weighted by atomic mass is 10.2. The van der Waals surface area contributed by atoms with Crippen molar-refractivity contribution in [2.24, 2.45) is 0 Å². The molecule has 2 aromatic rings. The maximum atomic E-state index is 9.19. The molecule has 2 aromatic heterocycles. The van der Waals surface area contributed by atoms with Gasteiger partial charge in [-0.05, 0) is 18.1 Å². The van der Waals surface area contributed by atoms with Gasteiger partial charge in [0.05, 0.1) is 6.20 Å². The second kappa shape index (κ2) is 2.52. The topological polar surface area (TPSA) is 48.9 Å². The standard InChI is InChI=1S/C9H10N2O/c1-2-6-4-10-9-8(6)3-7(12)5-11-9/h3-5,12H,2H2,1H3,(H,10,11). The number of nitrogens with one attached hydrogen (secondary N) is 1. The van der Waals surface area contributed by atoms with E-state index in [2.05, 4.69) is 16.9 Å². The quantitative estimate of drug-likeness (QED) is 0.672. The molecule has 0 amide bonds. The lowest BCUT2D eigenvalue weighted by molar-refractivity contribution is 0.474. The zero-order chi connectivity index (χ0) is 8.55. The fraction of sp³-hybridized carbons (Fsp3) is 0.222. The van der Waals surface area contributed by atoms with Crippen LogP contribution in [-0.2, 0) is 6.42 Å². The Labute approximate surface area is 70.1 Å². The van der Waals surface area contributed by atoms with Gasteiger partial charge >= 0.3 is 0 Å². The summed E-state index contributed by atoms with van der Waals surface area (Å²) < 4.78 is 0. The molecule has 2 N–H and O–H groups in total. The van der Waals surface area contributed by atoms with Crippen molar-refractivity contribution in [2.45, 2.75) is 13.3 Å². The highest BCUT2D eigenvalue weighted by Crippen LogP contribution is 2.20. The minimum atomic E-state index is 0.219. The summed E-state index contributed by atoms with van der Waals surface area (Å²) in [6.07, 6.45) is 4.32. The molecule has 0 spiro atoms. The molecule has 12 heavy (non-hydrogen) atoms. The van der Waals surface area contributed by atoms with Crippen LogP contribution in [-0.4, -0.2) is 15.1 Å². The number of aryl methyl sites for hydroxylation is 1. The Morgan fingerprint density at radius 3 is 3.17 bits per heavy atom. The molecule has 0 radical (unpaired) electrons. The molecule has 62 valence electrons. The van der Waals surface area contributed by atoms with Crippen LogP contribution in [0.1, 0.15) is 12.5 Å². The summed E-state index contributed by atoms with van der Waals surface area (Å²) in [6.45, 7) is 2.08. The Balaban J connectivity index is 2.75. The number of rotatable bonds is 1. The zero-order valence-corrected chi connectivity index (χ0v) is 6.83. The van der Waals surface area contributed by atoms with Gasteiger partial charge in [0, 0.05) is 11.6 Å². The maximum Gasteiger partial charge on any atom is 0.137 e. The van der Waals surface area contributed by atoms with Crippen LogP contribution >= 0.6 is 0 Å². The molecule has 0 unspecified atom stereocenters. The van der Waals surface area contributed by atoms with Crippen molar-refractivity contribution in [1.29, 1.82) is 0 Å². The Morgan fingerprint density at radius 1 is 1.58 bits per heavy atom. The van der Waals surface area contributed by atoms with Gasteiger partial charge in [0.1, 0.15) is 11.4 Å². The van der Waals surface area contributed by atoms with Crippen LogP contribution < -0.4 is 0 Å². The van der Waals surface area contributed by atoms with Crippen LogP contribution in [0.2, 0.25) is 0 Å². The summed E-state index contributed by atoms with van der Waals surface area (Å²) in [5.74, 6) is 0.219. The first-order valence-electron chi connectivity index (χ1n) is 3.96. The molecule has 0 atom stereocenters. The third-order valence-corrected chi connectivity index (χ3v) is 1.98. The second-order valence-electron chi connectivity index (χ2n) is 2.76. The lowest BCUT2D eigenvalue weighted by Crippen LogP contribution is -1.77. The number of aromatic amines is 1. The van der Waals surface area contributed by atoms with Gasteiger partial charge in [-0.15, -0.1) is 0 Å². The number of fused-ring (bicyclic) bond motifs is 1. The average molecular weight is 162 g/mol. The SMILES string of the molecule is CCc1c[nH]c2ncc(O)cc12. The van der Waals surface area contributed by atoms with Gasteiger partial charge in [0.15, 0.2) is 0 Å². The molecule has 0 aliphatic carbocycles. The van der Waals surface area contributed by atoms with Crippen molar-refractivity contribution < 1.29 is 5.11 Å². The molecule has 0 aliphatic rings. The molecule has 2 rings (SSSR count). The van der Waals surface area contributed by atoms with E-state index < -0.39 is 0 Å². The molecule has 2 heterocycles. The first kappa shape index (κ1) is 7.16. The van der Waals surface area contributed by atoms with Crippen molar-refractivity contribution in [2.75, 3.05) is 0 Å². The van der Waals surface area contributed by atoms with E-state index in [0.29, 0.717) is 0 Å². The van der Waals surface area contributed by atoms with E-state index in [4.69, 9.17) is 0 Å². The summed E-state index contributed by atoms with van der Waals surface area (Å²) in [6, 6.07) is 1.73. The second-order valence-corrected chi connectivity index (χ2v) is 2.76. The molecule has 0 aromatic carbocycles. The number of pyridine rings is 1. The van der Waals surface area contributed by atoms with E-state index in [1.807, 2.05) is 6.20 Å². The third-order valence-electron chi connectivity index (χ3n) is 1.98. The van der Waals surface area contributed by atoms with Gasteiger partial charge in [0.2, 0.25) is 0 Å². The van der Waals surface area contributed by atoms with Gasteiger partial charge in [0.25, 0.3) is 0 Å². The number of aromatic nitrogens is 2. The molecule has 0 aliphatic heterocycles. The van der Waals surface area contributed by atoms with E-state index in [1.54, 1.807) is 6.07 Å². The van der Waals surface area contributed by atoms with Crippen molar-refractivity contribution in [3.63, 3.8) is 0 Å². The summed E-state index contributed by atoms with van der Waals surface area (Å²) in [7, 11) is 0. The lowest BCUT2D eigenvalue weighted by Gasteiger charge is -1.93. The maximum absolute atomic E-state index is 9.19. The first-order chi connectivity index (χ1) is 5.81. The first-order valence-corrected chi connectivity index (χ1v) is 3.96. The summed E-state index contributed by atoms with van der Waals surface area (Å²) in [4.78, 5) is 7.09. The molecule has 3 heteroatoms. The van der Waals surface area contributed by atoms with Crippen LogP contribution in [0.3, 0.4) is 0 Å². The monoisotopic (exact) mass is 162 g/mol. The Hall–Kier alpha value is -1.51. The molecule has 0 saturated heterocycles. The molecule has 0 bridgehead atoms. The highest BCUT2D eigenvalue weighted by molar-refractivity contribution is 5.80. The van der Waals surface area contributed by atoms with Gasteiger partial charge in [-0.2, -0.15) is 0 Å². The largest absolute Gasteiger partial charge is 0.506 e. The number of H-pyrrole nitrogens is 1. The number of aromatic hydroxyl groups is 1. The third kappa shape index (κ3) is 0.942. The predicted molar refractivity (Wildman–Crippen MR) is 47.1 cm³/mol. The normalized spacial score (nSPS) is 10.8. The van der Waals surface area contributed by atoms with Crippen LogP contribution in [0.4, 0.5) is 0 Å². The minimum absolute atomic E-state index is 0.219. The number of hydrogen-bond acceptors (Lipinski definition) is 2. The average Bonchev–Trinajstić information content (AvgIpc) is 2.46. The Bertz CT molecular complexity index is 406. The van der Waals surface area contributed by atoms with Crippen molar-refractivity contribution in [1.82, 2.24) is 9.97 Å². The van der Waals surface area contributed by atoms with Gasteiger partial charge in [-0.25, -0.2) is 4.98 Å². The highest BCUT2D eigenvalue weighted by atomic mass is 16.3. The smallest absolute Gasteiger partial charge is 0.137 e. The molecule has 3 nitrogen and oxygen atoms in total. The van der Waals surface area contributed by atoms with Crippen molar-refractivity contribution in [3.8, 4) is 5.75 Å². The van der Waals surface area contributed by atoms with E-state index in [0.717, 1.165) is 17.5 Å². The van der Waals surface area contributed by atoms with Crippen molar-refractivity contribution >= 4 is 11.0 Å². The number of nitrogens with zero attached hydrogens (tertiary/aromatic N) is 1. The van der Waals surface area contributed by atoms with Crippen LogP contribution in [0.15, 0.2) is 18.5 Å². The Kier molecular flexibility index (Phi) is 1.50. The van der Waals surface area contributed by atoms with E-state index in [9.17, 15) is 5.11 Å². The summed E-state index contributed by atoms with van der Waals surface area (Å²) in [5, 5.41) is 10.2. The summed E-state index contributed by atoms with van der Waals surface area (Å²) in [5.41, 5.74) is 2.03.